The van der Waals surface area contributed by atoms with Gasteiger partial charge in [-0.15, -0.1) is 0 Å². The number of nitrogens with one attached hydrogen (secondary N) is 1. The van der Waals surface area contributed by atoms with Gasteiger partial charge in [0.25, 0.3) is 5.56 Å². The normalized spacial score (nSPS) is 11.7. The van der Waals surface area contributed by atoms with Gasteiger partial charge in [-0.25, -0.2) is 9.47 Å². The molecular formula is C10H17N3O2. The van der Waals surface area contributed by atoms with Gasteiger partial charge in [-0.3, -0.25) is 9.78 Å². The smallest absolute Gasteiger partial charge is 0.335 e. The molecule has 0 bridgehead atoms. The zero-order valence-electron chi connectivity index (χ0n) is 9.33. The van der Waals surface area contributed by atoms with Crippen LogP contribution < -0.4 is 17.1 Å². The first-order valence-electron chi connectivity index (χ1n) is 5.00. The summed E-state index contributed by atoms with van der Waals surface area (Å²) in [6.07, 6.45) is 3.25. The summed E-state index contributed by atoms with van der Waals surface area (Å²) in [5, 5.41) is 0. The fourth-order valence-corrected chi connectivity index (χ4v) is 1.73. The summed E-state index contributed by atoms with van der Waals surface area (Å²) < 4.78 is 0.911. The lowest BCUT2D eigenvalue weighted by Gasteiger charge is -2.23. The van der Waals surface area contributed by atoms with Crippen LogP contribution >= 0.6 is 0 Å². The van der Waals surface area contributed by atoms with Crippen LogP contribution in [-0.2, 0) is 5.41 Å². The summed E-state index contributed by atoms with van der Waals surface area (Å²) in [7, 11) is 0. The molecule has 84 valence electrons. The van der Waals surface area contributed by atoms with Crippen molar-refractivity contribution in [2.45, 2.75) is 39.0 Å². The Morgan fingerprint density at radius 3 is 2.60 bits per heavy atom. The molecule has 0 radical (unpaired) electrons. The molecule has 0 aliphatic rings. The minimum atomic E-state index is -0.587. The van der Waals surface area contributed by atoms with Gasteiger partial charge in [0, 0.05) is 11.8 Å². The molecule has 5 nitrogen and oxygen atoms in total. The maximum absolute atomic E-state index is 11.6. The molecule has 3 N–H and O–H groups in total. The van der Waals surface area contributed by atoms with Crippen molar-refractivity contribution in [2.75, 3.05) is 5.84 Å². The van der Waals surface area contributed by atoms with Crippen LogP contribution in [0.15, 0.2) is 15.8 Å². The maximum Gasteiger partial charge on any atom is 0.346 e. The highest BCUT2D eigenvalue weighted by Crippen LogP contribution is 2.24. The second kappa shape index (κ2) is 3.92. The Labute approximate surface area is 87.9 Å². The van der Waals surface area contributed by atoms with Crippen molar-refractivity contribution >= 4 is 0 Å². The Morgan fingerprint density at radius 2 is 2.07 bits per heavy atom. The van der Waals surface area contributed by atoms with Crippen molar-refractivity contribution in [3.05, 3.63) is 32.6 Å². The molecule has 0 amide bonds. The van der Waals surface area contributed by atoms with E-state index in [2.05, 4.69) is 11.9 Å². The first-order valence-corrected chi connectivity index (χ1v) is 5.00. The lowest BCUT2D eigenvalue weighted by Crippen LogP contribution is -2.39. The molecular weight excluding hydrogens is 194 g/mol. The van der Waals surface area contributed by atoms with E-state index in [0.29, 0.717) is 5.56 Å². The van der Waals surface area contributed by atoms with Gasteiger partial charge in [0.05, 0.1) is 0 Å². The SMILES string of the molecule is CCCC(C)(C)c1cn(N)c(=O)[nH]c1=O. The van der Waals surface area contributed by atoms with Crippen molar-refractivity contribution < 1.29 is 0 Å². The fraction of sp³-hybridized carbons (Fsp3) is 0.600. The lowest BCUT2D eigenvalue weighted by molar-refractivity contribution is 0.462. The van der Waals surface area contributed by atoms with Gasteiger partial charge in [0.2, 0.25) is 0 Å². The largest absolute Gasteiger partial charge is 0.346 e. The molecule has 0 unspecified atom stereocenters. The van der Waals surface area contributed by atoms with Crippen molar-refractivity contribution in [2.24, 2.45) is 0 Å². The third-order valence-electron chi connectivity index (χ3n) is 2.57. The van der Waals surface area contributed by atoms with Crippen LogP contribution in [0.1, 0.15) is 39.2 Å². The minimum absolute atomic E-state index is 0.267. The Bertz CT molecular complexity index is 456. The molecule has 0 saturated carbocycles. The minimum Gasteiger partial charge on any atom is -0.335 e. The number of aromatic nitrogens is 2. The van der Waals surface area contributed by atoms with Gasteiger partial charge in [0.1, 0.15) is 0 Å². The summed E-state index contributed by atoms with van der Waals surface area (Å²) in [5.41, 5.74) is -0.653. The molecule has 0 aliphatic heterocycles. The van der Waals surface area contributed by atoms with Gasteiger partial charge >= 0.3 is 5.69 Å². The quantitative estimate of drug-likeness (QED) is 0.707. The number of nitrogens with two attached hydrogens (primary N) is 1. The Morgan fingerprint density at radius 1 is 1.47 bits per heavy atom. The van der Waals surface area contributed by atoms with Gasteiger partial charge in [-0.1, -0.05) is 27.2 Å². The van der Waals surface area contributed by atoms with Gasteiger partial charge in [-0.05, 0) is 11.8 Å². The molecule has 0 fully saturated rings. The third-order valence-corrected chi connectivity index (χ3v) is 2.57. The van der Waals surface area contributed by atoms with Crippen molar-refractivity contribution in [3.63, 3.8) is 0 Å². The van der Waals surface area contributed by atoms with E-state index in [-0.39, 0.29) is 11.0 Å². The van der Waals surface area contributed by atoms with Crippen molar-refractivity contribution in [1.29, 1.82) is 0 Å². The molecule has 1 rings (SSSR count). The maximum atomic E-state index is 11.6. The molecule has 1 aromatic heterocycles. The Balaban J connectivity index is 3.32. The zero-order chi connectivity index (χ0) is 11.6. The summed E-state index contributed by atoms with van der Waals surface area (Å²) in [6, 6.07) is 0. The van der Waals surface area contributed by atoms with E-state index >= 15 is 0 Å². The standard InChI is InChI=1S/C10H17N3O2/c1-4-5-10(2,3)7-6-13(11)9(15)12-8(7)14/h6H,4-5,11H2,1-3H3,(H,12,14,15). The van der Waals surface area contributed by atoms with E-state index in [0.717, 1.165) is 17.5 Å². The van der Waals surface area contributed by atoms with Gasteiger partial charge in [0.15, 0.2) is 0 Å². The van der Waals surface area contributed by atoms with Crippen LogP contribution in [0, 0.1) is 0 Å². The number of rotatable bonds is 3. The van der Waals surface area contributed by atoms with Crippen LogP contribution in [0.4, 0.5) is 0 Å². The average Bonchev–Trinajstić information content (AvgIpc) is 2.11. The Hall–Kier alpha value is -1.52. The van der Waals surface area contributed by atoms with Crippen LogP contribution in [-0.4, -0.2) is 9.66 Å². The molecule has 1 heterocycles. The van der Waals surface area contributed by atoms with Gasteiger partial charge < -0.3 is 5.84 Å². The first kappa shape index (κ1) is 11.6. The first-order chi connectivity index (χ1) is 6.88. The predicted octanol–water partition coefficient (Wildman–Crippen LogP) is 0.328. The molecule has 0 spiro atoms. The zero-order valence-corrected chi connectivity index (χ0v) is 9.33. The Kier molecular flexibility index (Phi) is 3.02. The van der Waals surface area contributed by atoms with Gasteiger partial charge in [-0.2, -0.15) is 0 Å². The average molecular weight is 211 g/mol. The monoisotopic (exact) mass is 211 g/mol. The number of nitrogens with zero attached hydrogens (tertiary/aromatic N) is 1. The molecule has 0 atom stereocenters. The van der Waals surface area contributed by atoms with Crippen molar-refractivity contribution in [1.82, 2.24) is 9.66 Å². The number of hydrogen-bond donors (Lipinski definition) is 2. The molecule has 0 aliphatic carbocycles. The van der Waals surface area contributed by atoms with Crippen LogP contribution in [0.25, 0.3) is 0 Å². The van der Waals surface area contributed by atoms with E-state index in [1.54, 1.807) is 0 Å². The van der Waals surface area contributed by atoms with E-state index in [4.69, 9.17) is 5.84 Å². The van der Waals surface area contributed by atoms with Crippen LogP contribution in [0.2, 0.25) is 0 Å². The van der Waals surface area contributed by atoms with E-state index in [1.807, 2.05) is 13.8 Å². The number of nitrogen functional groups attached to an aromatic ring is 1. The molecule has 0 saturated heterocycles. The highest BCUT2D eigenvalue weighted by Gasteiger charge is 2.23. The molecule has 1 aromatic rings. The van der Waals surface area contributed by atoms with Crippen LogP contribution in [0.3, 0.4) is 0 Å². The third kappa shape index (κ3) is 2.29. The predicted molar refractivity (Wildman–Crippen MR) is 59.4 cm³/mol. The van der Waals surface area contributed by atoms with E-state index in [1.165, 1.54) is 6.20 Å². The molecule has 15 heavy (non-hydrogen) atoms. The number of H-pyrrole nitrogens is 1. The summed E-state index contributed by atoms with van der Waals surface area (Å²) in [6.45, 7) is 5.98. The number of aromatic amines is 1. The van der Waals surface area contributed by atoms with Crippen molar-refractivity contribution in [3.8, 4) is 0 Å². The van der Waals surface area contributed by atoms with Crippen LogP contribution in [0.5, 0.6) is 0 Å². The topological polar surface area (TPSA) is 80.9 Å². The summed E-state index contributed by atoms with van der Waals surface area (Å²) >= 11 is 0. The fourth-order valence-electron chi connectivity index (χ4n) is 1.73. The summed E-state index contributed by atoms with van der Waals surface area (Å²) in [4.78, 5) is 24.8. The van der Waals surface area contributed by atoms with E-state index < -0.39 is 5.69 Å². The summed E-state index contributed by atoms with van der Waals surface area (Å²) in [5.74, 6) is 5.42. The second-order valence-corrected chi connectivity index (χ2v) is 4.34. The highest BCUT2D eigenvalue weighted by atomic mass is 16.2. The molecule has 0 aromatic carbocycles. The molecule has 5 heteroatoms. The van der Waals surface area contributed by atoms with E-state index in [9.17, 15) is 9.59 Å². The lowest BCUT2D eigenvalue weighted by atomic mass is 9.82. The highest BCUT2D eigenvalue weighted by molar-refractivity contribution is 5.16. The number of hydrogen-bond acceptors (Lipinski definition) is 3. The second-order valence-electron chi connectivity index (χ2n) is 4.34.